The van der Waals surface area contributed by atoms with Gasteiger partial charge in [0.1, 0.15) is 0 Å². The minimum Gasteiger partial charge on any atom is -0.396 e. The van der Waals surface area contributed by atoms with Crippen LogP contribution in [0.3, 0.4) is 0 Å². The molecule has 0 aliphatic heterocycles. The predicted octanol–water partition coefficient (Wildman–Crippen LogP) is 2.34. The summed E-state index contributed by atoms with van der Waals surface area (Å²) >= 11 is 1.69. The van der Waals surface area contributed by atoms with Crippen molar-refractivity contribution in [3.8, 4) is 0 Å². The number of hydrogen-bond donors (Lipinski definition) is 2. The second kappa shape index (κ2) is 6.33. The van der Waals surface area contributed by atoms with Gasteiger partial charge in [0.05, 0.1) is 10.7 Å². The van der Waals surface area contributed by atoms with Gasteiger partial charge in [-0.15, -0.1) is 11.3 Å². The molecule has 0 bridgehead atoms. The molecule has 4 heteroatoms. The first-order valence-electron chi connectivity index (χ1n) is 5.76. The zero-order valence-corrected chi connectivity index (χ0v) is 11.2. The van der Waals surface area contributed by atoms with Crippen molar-refractivity contribution in [3.63, 3.8) is 0 Å². The molecule has 0 saturated heterocycles. The molecule has 0 aromatic carbocycles. The third kappa shape index (κ3) is 5.05. The zero-order valence-electron chi connectivity index (χ0n) is 10.4. The zero-order chi connectivity index (χ0) is 12.0. The van der Waals surface area contributed by atoms with Crippen LogP contribution in [0.2, 0.25) is 0 Å². The molecule has 0 amide bonds. The van der Waals surface area contributed by atoms with Gasteiger partial charge in [0.2, 0.25) is 0 Å². The Morgan fingerprint density at radius 1 is 1.50 bits per heavy atom. The molecule has 1 aromatic rings. The van der Waals surface area contributed by atoms with E-state index >= 15 is 0 Å². The van der Waals surface area contributed by atoms with Crippen molar-refractivity contribution in [2.24, 2.45) is 5.41 Å². The number of aromatic nitrogens is 1. The van der Waals surface area contributed by atoms with E-state index < -0.39 is 0 Å². The van der Waals surface area contributed by atoms with E-state index in [1.807, 2.05) is 6.92 Å². The molecule has 0 saturated carbocycles. The summed E-state index contributed by atoms with van der Waals surface area (Å²) in [6.07, 6.45) is 1.93. The van der Waals surface area contributed by atoms with Crippen LogP contribution in [0.1, 0.15) is 37.4 Å². The summed E-state index contributed by atoms with van der Waals surface area (Å²) in [6.45, 7) is 8.56. The number of aryl methyl sites for hydroxylation is 1. The Labute approximate surface area is 102 Å². The molecule has 1 rings (SSSR count). The summed E-state index contributed by atoms with van der Waals surface area (Å²) in [7, 11) is 0. The van der Waals surface area contributed by atoms with Crippen molar-refractivity contribution in [2.75, 3.05) is 13.2 Å². The van der Waals surface area contributed by atoms with Crippen molar-refractivity contribution < 1.29 is 5.11 Å². The van der Waals surface area contributed by atoms with Crippen molar-refractivity contribution >= 4 is 11.3 Å². The monoisotopic (exact) mass is 242 g/mol. The van der Waals surface area contributed by atoms with Crippen LogP contribution in [0.5, 0.6) is 0 Å². The summed E-state index contributed by atoms with van der Waals surface area (Å²) < 4.78 is 0. The van der Waals surface area contributed by atoms with E-state index in [0.717, 1.165) is 36.6 Å². The van der Waals surface area contributed by atoms with Crippen molar-refractivity contribution in [2.45, 2.75) is 40.2 Å². The number of nitrogens with one attached hydrogen (secondary N) is 1. The maximum Gasteiger partial charge on any atom is 0.0897 e. The first-order valence-corrected chi connectivity index (χ1v) is 6.64. The number of thiazole rings is 1. The van der Waals surface area contributed by atoms with E-state index in [2.05, 4.69) is 29.5 Å². The molecule has 1 heterocycles. The number of nitrogens with zero attached hydrogens (tertiary/aromatic N) is 1. The van der Waals surface area contributed by atoms with E-state index in [-0.39, 0.29) is 12.0 Å². The van der Waals surface area contributed by atoms with Gasteiger partial charge in [-0.2, -0.15) is 0 Å². The predicted molar refractivity (Wildman–Crippen MR) is 68.7 cm³/mol. The summed E-state index contributed by atoms with van der Waals surface area (Å²) in [5.74, 6) is 0. The minimum atomic E-state index is 0.244. The Hall–Kier alpha value is -0.450. The van der Waals surface area contributed by atoms with Crippen LogP contribution < -0.4 is 5.32 Å². The molecule has 3 nitrogen and oxygen atoms in total. The third-order valence-corrected chi connectivity index (χ3v) is 3.41. The normalized spacial score (nSPS) is 12.0. The van der Waals surface area contributed by atoms with Crippen LogP contribution in [-0.4, -0.2) is 23.2 Å². The number of aliphatic hydroxyl groups excluding tert-OH is 1. The molecule has 0 radical (unpaired) electrons. The van der Waals surface area contributed by atoms with Gasteiger partial charge in [0.25, 0.3) is 0 Å². The fraction of sp³-hybridized carbons (Fsp3) is 0.750. The number of aliphatic hydroxyl groups is 1. The van der Waals surface area contributed by atoms with Gasteiger partial charge in [-0.25, -0.2) is 4.98 Å². The quantitative estimate of drug-likeness (QED) is 0.771. The summed E-state index contributed by atoms with van der Waals surface area (Å²) in [6, 6.07) is 0. The summed E-state index contributed by atoms with van der Waals surface area (Å²) in [4.78, 5) is 4.41. The Balaban J connectivity index is 2.24. The highest BCUT2D eigenvalue weighted by Crippen LogP contribution is 2.20. The molecule has 0 fully saturated rings. The van der Waals surface area contributed by atoms with Gasteiger partial charge < -0.3 is 10.4 Å². The lowest BCUT2D eigenvalue weighted by atomic mass is 9.88. The summed E-state index contributed by atoms with van der Waals surface area (Å²) in [5, 5.41) is 15.5. The van der Waals surface area contributed by atoms with Crippen LogP contribution >= 0.6 is 11.3 Å². The van der Waals surface area contributed by atoms with Crippen LogP contribution in [0, 0.1) is 12.3 Å². The molecule has 0 aliphatic carbocycles. The molecule has 16 heavy (non-hydrogen) atoms. The Bertz CT molecular complexity index is 310. The summed E-state index contributed by atoms with van der Waals surface area (Å²) in [5.41, 5.74) is 1.37. The molecule has 0 aliphatic rings. The maximum atomic E-state index is 8.81. The fourth-order valence-corrected chi connectivity index (χ4v) is 2.28. The topological polar surface area (TPSA) is 45.2 Å². The lowest BCUT2D eigenvalue weighted by Gasteiger charge is -2.24. The lowest BCUT2D eigenvalue weighted by Crippen LogP contribution is -2.29. The van der Waals surface area contributed by atoms with Gasteiger partial charge in [-0.1, -0.05) is 13.8 Å². The average molecular weight is 242 g/mol. The molecule has 0 spiro atoms. The minimum absolute atomic E-state index is 0.244. The second-order valence-corrected chi connectivity index (χ2v) is 6.02. The van der Waals surface area contributed by atoms with Crippen LogP contribution in [0.25, 0.3) is 0 Å². The first kappa shape index (κ1) is 13.6. The smallest absolute Gasteiger partial charge is 0.0897 e. The highest BCUT2D eigenvalue weighted by molar-refractivity contribution is 7.09. The maximum absolute atomic E-state index is 8.81. The van der Waals surface area contributed by atoms with E-state index in [1.54, 1.807) is 11.3 Å². The van der Waals surface area contributed by atoms with E-state index in [9.17, 15) is 0 Å². The highest BCUT2D eigenvalue weighted by Gasteiger charge is 2.16. The van der Waals surface area contributed by atoms with Gasteiger partial charge in [-0.05, 0) is 25.2 Å². The largest absolute Gasteiger partial charge is 0.396 e. The Morgan fingerprint density at radius 2 is 2.25 bits per heavy atom. The van der Waals surface area contributed by atoms with Crippen molar-refractivity contribution in [1.29, 1.82) is 0 Å². The standard InChI is InChI=1S/C12H22N2OS/c1-10-14-11(8-16-10)7-13-9-12(2,3)5-4-6-15/h8,13,15H,4-7,9H2,1-3H3. The van der Waals surface area contributed by atoms with E-state index in [1.165, 1.54) is 0 Å². The molecule has 1 aromatic heterocycles. The van der Waals surface area contributed by atoms with Crippen LogP contribution in [0.4, 0.5) is 0 Å². The Morgan fingerprint density at radius 3 is 2.81 bits per heavy atom. The van der Waals surface area contributed by atoms with E-state index in [4.69, 9.17) is 5.11 Å². The molecule has 2 N–H and O–H groups in total. The second-order valence-electron chi connectivity index (χ2n) is 4.95. The molecule has 92 valence electrons. The third-order valence-electron chi connectivity index (χ3n) is 2.59. The SMILES string of the molecule is Cc1nc(CNCC(C)(C)CCCO)cs1. The fourth-order valence-electron chi connectivity index (χ4n) is 1.66. The van der Waals surface area contributed by atoms with E-state index in [0.29, 0.717) is 0 Å². The lowest BCUT2D eigenvalue weighted by molar-refractivity contribution is 0.236. The van der Waals surface area contributed by atoms with Crippen LogP contribution in [0.15, 0.2) is 5.38 Å². The molecule has 0 atom stereocenters. The average Bonchev–Trinajstić information content (AvgIpc) is 2.61. The molecular weight excluding hydrogens is 220 g/mol. The van der Waals surface area contributed by atoms with Gasteiger partial charge in [-0.3, -0.25) is 0 Å². The molecular formula is C12H22N2OS. The Kier molecular flexibility index (Phi) is 5.38. The molecule has 0 unspecified atom stereocenters. The van der Waals surface area contributed by atoms with Gasteiger partial charge >= 0.3 is 0 Å². The number of hydrogen-bond acceptors (Lipinski definition) is 4. The highest BCUT2D eigenvalue weighted by atomic mass is 32.1. The van der Waals surface area contributed by atoms with Crippen molar-refractivity contribution in [3.05, 3.63) is 16.1 Å². The van der Waals surface area contributed by atoms with Crippen LogP contribution in [-0.2, 0) is 6.54 Å². The van der Waals surface area contributed by atoms with Gasteiger partial charge in [0.15, 0.2) is 0 Å². The first-order chi connectivity index (χ1) is 7.53. The number of rotatable bonds is 7. The van der Waals surface area contributed by atoms with Gasteiger partial charge in [0, 0.05) is 25.1 Å². The van der Waals surface area contributed by atoms with Crippen molar-refractivity contribution in [1.82, 2.24) is 10.3 Å².